The molecule has 0 unspecified atom stereocenters. The SMILES string of the molecule is COC(=O)[C@H](C)[C@@H]1Sc2ccccc2N(Cc2ccccc2Cl)C1=O. The van der Waals surface area contributed by atoms with E-state index >= 15 is 0 Å². The van der Waals surface area contributed by atoms with E-state index < -0.39 is 11.2 Å². The molecule has 1 heterocycles. The summed E-state index contributed by atoms with van der Waals surface area (Å²) in [7, 11) is 1.34. The van der Waals surface area contributed by atoms with Crippen molar-refractivity contribution < 1.29 is 14.3 Å². The number of halogens is 1. The molecule has 2 aromatic carbocycles. The Morgan fingerprint density at radius 1 is 1.24 bits per heavy atom. The molecule has 1 amide bonds. The van der Waals surface area contributed by atoms with Gasteiger partial charge in [-0.15, -0.1) is 11.8 Å². The van der Waals surface area contributed by atoms with E-state index in [0.717, 1.165) is 16.1 Å². The van der Waals surface area contributed by atoms with E-state index in [0.29, 0.717) is 11.6 Å². The number of thioether (sulfide) groups is 1. The van der Waals surface area contributed by atoms with Gasteiger partial charge < -0.3 is 9.64 Å². The highest BCUT2D eigenvalue weighted by atomic mass is 35.5. The topological polar surface area (TPSA) is 46.6 Å². The molecule has 130 valence electrons. The smallest absolute Gasteiger partial charge is 0.310 e. The first-order valence-corrected chi connectivity index (χ1v) is 9.17. The molecule has 0 spiro atoms. The summed E-state index contributed by atoms with van der Waals surface area (Å²) in [6.07, 6.45) is 0. The van der Waals surface area contributed by atoms with Crippen LogP contribution in [0.4, 0.5) is 5.69 Å². The van der Waals surface area contributed by atoms with Gasteiger partial charge in [-0.2, -0.15) is 0 Å². The van der Waals surface area contributed by atoms with Gasteiger partial charge in [-0.25, -0.2) is 0 Å². The summed E-state index contributed by atoms with van der Waals surface area (Å²) in [5.74, 6) is -1.03. The Morgan fingerprint density at radius 2 is 1.92 bits per heavy atom. The lowest BCUT2D eigenvalue weighted by molar-refractivity contribution is -0.146. The van der Waals surface area contributed by atoms with Crippen LogP contribution in [0.2, 0.25) is 5.02 Å². The van der Waals surface area contributed by atoms with Crippen molar-refractivity contribution in [1.82, 2.24) is 0 Å². The third-order valence-electron chi connectivity index (χ3n) is 4.23. The summed E-state index contributed by atoms with van der Waals surface area (Å²) < 4.78 is 4.83. The lowest BCUT2D eigenvalue weighted by atomic mass is 10.1. The molecule has 0 fully saturated rings. The summed E-state index contributed by atoms with van der Waals surface area (Å²) in [5.41, 5.74) is 1.70. The normalized spacial score (nSPS) is 17.8. The van der Waals surface area contributed by atoms with Crippen LogP contribution in [0.25, 0.3) is 0 Å². The van der Waals surface area contributed by atoms with Crippen molar-refractivity contribution in [1.29, 1.82) is 0 Å². The van der Waals surface area contributed by atoms with Crippen LogP contribution in [-0.2, 0) is 20.9 Å². The van der Waals surface area contributed by atoms with Gasteiger partial charge in [0.25, 0.3) is 0 Å². The number of para-hydroxylation sites is 1. The maximum absolute atomic E-state index is 13.1. The molecule has 6 heteroatoms. The van der Waals surface area contributed by atoms with Gasteiger partial charge in [0.05, 0.1) is 25.3 Å². The fourth-order valence-electron chi connectivity index (χ4n) is 2.82. The zero-order valence-electron chi connectivity index (χ0n) is 13.9. The van der Waals surface area contributed by atoms with Gasteiger partial charge in [-0.05, 0) is 23.8 Å². The number of anilines is 1. The second kappa shape index (κ2) is 7.50. The number of amides is 1. The van der Waals surface area contributed by atoms with Crippen molar-refractivity contribution in [2.45, 2.75) is 23.6 Å². The van der Waals surface area contributed by atoms with Crippen molar-refractivity contribution >= 4 is 40.9 Å². The molecule has 0 aromatic heterocycles. The molecule has 3 rings (SSSR count). The van der Waals surface area contributed by atoms with E-state index in [1.165, 1.54) is 18.9 Å². The summed E-state index contributed by atoms with van der Waals surface area (Å²) >= 11 is 7.68. The maximum Gasteiger partial charge on any atom is 0.310 e. The van der Waals surface area contributed by atoms with Crippen LogP contribution in [-0.4, -0.2) is 24.2 Å². The van der Waals surface area contributed by atoms with Crippen molar-refractivity contribution in [2.75, 3.05) is 12.0 Å². The molecular formula is C19H18ClNO3S. The molecule has 0 bridgehead atoms. The van der Waals surface area contributed by atoms with Crippen molar-refractivity contribution in [2.24, 2.45) is 5.92 Å². The van der Waals surface area contributed by atoms with Gasteiger partial charge >= 0.3 is 5.97 Å². The molecule has 0 aliphatic carbocycles. The number of carbonyl (C=O) groups excluding carboxylic acids is 2. The second-order valence-electron chi connectivity index (χ2n) is 5.83. The van der Waals surface area contributed by atoms with E-state index in [4.69, 9.17) is 16.3 Å². The lowest BCUT2D eigenvalue weighted by Gasteiger charge is -2.35. The van der Waals surface area contributed by atoms with Crippen LogP contribution >= 0.6 is 23.4 Å². The van der Waals surface area contributed by atoms with Gasteiger partial charge in [0.1, 0.15) is 5.25 Å². The Balaban J connectivity index is 1.99. The third-order valence-corrected chi connectivity index (χ3v) is 6.06. The van der Waals surface area contributed by atoms with Crippen LogP contribution in [0.1, 0.15) is 12.5 Å². The average Bonchev–Trinajstić information content (AvgIpc) is 2.64. The molecule has 0 saturated heterocycles. The van der Waals surface area contributed by atoms with E-state index in [2.05, 4.69) is 0 Å². The van der Waals surface area contributed by atoms with Gasteiger partial charge in [0.15, 0.2) is 0 Å². The molecule has 2 atom stereocenters. The summed E-state index contributed by atoms with van der Waals surface area (Å²) in [6, 6.07) is 15.2. The molecule has 25 heavy (non-hydrogen) atoms. The van der Waals surface area contributed by atoms with Gasteiger partial charge in [0.2, 0.25) is 5.91 Å². The minimum Gasteiger partial charge on any atom is -0.469 e. The minimum atomic E-state index is -0.537. The number of nitrogens with zero attached hydrogens (tertiary/aromatic N) is 1. The Labute approximate surface area is 156 Å². The summed E-state index contributed by atoms with van der Waals surface area (Å²) in [4.78, 5) is 27.8. The fraction of sp³-hybridized carbons (Fsp3) is 0.263. The number of benzene rings is 2. The van der Waals surface area contributed by atoms with Crippen LogP contribution < -0.4 is 4.90 Å². The van der Waals surface area contributed by atoms with Crippen molar-refractivity contribution in [3.05, 3.63) is 59.1 Å². The van der Waals surface area contributed by atoms with Gasteiger partial charge in [-0.1, -0.05) is 48.9 Å². The first kappa shape index (κ1) is 17.8. The number of fused-ring (bicyclic) bond motifs is 1. The maximum atomic E-state index is 13.1. The standard InChI is InChI=1S/C19H18ClNO3S/c1-12(19(23)24-2)17-18(22)21(11-13-7-3-4-8-14(13)20)15-9-5-6-10-16(15)25-17/h3-10,12,17H,11H2,1-2H3/t12-,17+/m1/s1. The largest absolute Gasteiger partial charge is 0.469 e. The predicted molar refractivity (Wildman–Crippen MR) is 99.9 cm³/mol. The third kappa shape index (κ3) is 3.53. The van der Waals surface area contributed by atoms with E-state index in [1.54, 1.807) is 17.9 Å². The quantitative estimate of drug-likeness (QED) is 0.753. The molecule has 0 N–H and O–H groups in total. The van der Waals surface area contributed by atoms with Gasteiger partial charge in [0, 0.05) is 9.92 Å². The van der Waals surface area contributed by atoms with Gasteiger partial charge in [-0.3, -0.25) is 9.59 Å². The Kier molecular flexibility index (Phi) is 5.35. The van der Waals surface area contributed by atoms with Crippen LogP contribution in [0.15, 0.2) is 53.4 Å². The highest BCUT2D eigenvalue weighted by molar-refractivity contribution is 8.01. The molecule has 0 radical (unpaired) electrons. The van der Waals surface area contributed by atoms with E-state index in [9.17, 15) is 9.59 Å². The van der Waals surface area contributed by atoms with Crippen LogP contribution in [0, 0.1) is 5.92 Å². The van der Waals surface area contributed by atoms with Crippen molar-refractivity contribution in [3.8, 4) is 0 Å². The number of hydrogen-bond donors (Lipinski definition) is 0. The van der Waals surface area contributed by atoms with Crippen LogP contribution in [0.5, 0.6) is 0 Å². The Morgan fingerprint density at radius 3 is 2.64 bits per heavy atom. The molecule has 0 saturated carbocycles. The first-order chi connectivity index (χ1) is 12.0. The minimum absolute atomic E-state index is 0.110. The predicted octanol–water partition coefficient (Wildman–Crippen LogP) is 4.16. The Hall–Kier alpha value is -1.98. The summed E-state index contributed by atoms with van der Waals surface area (Å²) in [6.45, 7) is 2.09. The number of hydrogen-bond acceptors (Lipinski definition) is 4. The number of methoxy groups -OCH3 is 1. The molecular weight excluding hydrogens is 358 g/mol. The number of esters is 1. The molecule has 1 aliphatic heterocycles. The fourth-order valence-corrected chi connectivity index (χ4v) is 4.29. The van der Waals surface area contributed by atoms with Crippen molar-refractivity contribution in [3.63, 3.8) is 0 Å². The molecule has 2 aromatic rings. The monoisotopic (exact) mass is 375 g/mol. The number of ether oxygens (including phenoxy) is 1. The number of rotatable bonds is 4. The second-order valence-corrected chi connectivity index (χ2v) is 7.42. The highest BCUT2D eigenvalue weighted by Gasteiger charge is 2.39. The molecule has 1 aliphatic rings. The average molecular weight is 376 g/mol. The molecule has 4 nitrogen and oxygen atoms in total. The number of carbonyl (C=O) groups is 2. The lowest BCUT2D eigenvalue weighted by Crippen LogP contribution is -2.45. The van der Waals surface area contributed by atoms with E-state index in [-0.39, 0.29) is 11.9 Å². The highest BCUT2D eigenvalue weighted by Crippen LogP contribution is 2.42. The zero-order valence-corrected chi connectivity index (χ0v) is 15.5. The van der Waals surface area contributed by atoms with Crippen LogP contribution in [0.3, 0.4) is 0 Å². The van der Waals surface area contributed by atoms with E-state index in [1.807, 2.05) is 42.5 Å². The first-order valence-electron chi connectivity index (χ1n) is 7.91. The zero-order chi connectivity index (χ0) is 18.0. The summed E-state index contributed by atoms with van der Waals surface area (Å²) in [5, 5.41) is 0.0911. The Bertz CT molecular complexity index is 811.